The first-order valence-electron chi connectivity index (χ1n) is 18.0. The smallest absolute Gasteiger partial charge is 0.872 e. The molecule has 2 fully saturated rings. The Bertz CT molecular complexity index is 1600. The molecule has 2 aliphatic heterocycles. The molecule has 0 aliphatic carbocycles. The minimum atomic E-state index is -1.47. The number of benzene rings is 5. The monoisotopic (exact) mass is 792 g/mol. The molecule has 0 amide bonds. The first-order chi connectivity index (χ1) is 24.4. The molecule has 2 aliphatic rings. The number of hydrogen-bond acceptors (Lipinski definition) is 5. The molecular weight excluding hydrogens is 747 g/mol. The predicted molar refractivity (Wildman–Crippen MR) is 196 cm³/mol. The van der Waals surface area contributed by atoms with Gasteiger partial charge in [-0.1, -0.05) is 167 Å². The van der Waals surface area contributed by atoms with Crippen LogP contribution in [0.4, 0.5) is 0 Å². The first-order valence-corrected chi connectivity index (χ1v) is 18.0. The quantitative estimate of drug-likeness (QED) is 0.120. The van der Waals surface area contributed by atoms with Gasteiger partial charge in [0.25, 0.3) is 0 Å². The van der Waals surface area contributed by atoms with Crippen LogP contribution in [0.15, 0.2) is 133 Å². The van der Waals surface area contributed by atoms with E-state index in [0.717, 1.165) is 77.7 Å². The van der Waals surface area contributed by atoms with E-state index in [2.05, 4.69) is 16.7 Å². The van der Waals surface area contributed by atoms with Crippen molar-refractivity contribution in [3.63, 3.8) is 0 Å². The van der Waals surface area contributed by atoms with Crippen LogP contribution in [0, 0.1) is 13.8 Å². The van der Waals surface area contributed by atoms with E-state index in [1.54, 1.807) is 6.92 Å². The third-order valence-corrected chi connectivity index (χ3v) is 10.6. The van der Waals surface area contributed by atoms with Gasteiger partial charge in [0.1, 0.15) is 0 Å². The van der Waals surface area contributed by atoms with Crippen LogP contribution in [0.3, 0.4) is 0 Å². The van der Waals surface area contributed by atoms with Crippen molar-refractivity contribution in [2.24, 2.45) is 0 Å². The van der Waals surface area contributed by atoms with Crippen LogP contribution in [-0.2, 0) is 63.2 Å². The summed E-state index contributed by atoms with van der Waals surface area (Å²) in [5.74, 6) is 0.0174. The van der Waals surface area contributed by atoms with Crippen molar-refractivity contribution >= 4 is 0 Å². The summed E-state index contributed by atoms with van der Waals surface area (Å²) in [4.78, 5) is 4.47. The Morgan fingerprint density at radius 1 is 0.558 bits per heavy atom. The van der Waals surface area contributed by atoms with Crippen LogP contribution in [-0.4, -0.2) is 35.0 Å². The first kappa shape index (κ1) is 41.7. The number of nitrogens with zero attached hydrogens (tertiary/aromatic N) is 2. The summed E-state index contributed by atoms with van der Waals surface area (Å²) in [6.07, 6.45) is 3.34. The van der Waals surface area contributed by atoms with Gasteiger partial charge < -0.3 is 22.2 Å². The van der Waals surface area contributed by atoms with Crippen LogP contribution in [0.5, 0.6) is 5.75 Å². The Morgan fingerprint density at radius 3 is 1.13 bits per heavy atom. The molecule has 0 spiro atoms. The van der Waals surface area contributed by atoms with Crippen LogP contribution in [0.1, 0.15) is 71.6 Å². The summed E-state index contributed by atoms with van der Waals surface area (Å²) >= 11 is 0. The third-order valence-electron chi connectivity index (χ3n) is 10.6. The largest absolute Gasteiger partial charge is 2.00 e. The van der Waals surface area contributed by atoms with Crippen LogP contribution < -0.4 is 15.3 Å². The molecule has 5 aromatic rings. The molecule has 7 rings (SSSR count). The standard InChI is InChI=1S/C43H44N2O3.C2H5.2Zn/c1-32-28-33(30-44-26-14-24-39(44)42(47,35-16-6-2-7-17-35)36-18-8-3-9-19-36)41(46)34(29-32)31-45-27-15-25-40(45)43(48,37-20-10-4-11-21-37)38-22-12-5-13-23-38;1-2;;/h2-13,16-23,28-29,39-40,46H,14-15,24-27,30-31H2,1H3;1H2,2H3;;/q-2;-1;2*+2/p-1/t39-,40-;;;/m0.../s1. The molecule has 0 N–H and O–H groups in total. The van der Waals surface area contributed by atoms with Crippen LogP contribution in [0.2, 0.25) is 0 Å². The topological polar surface area (TPSA) is 75.7 Å². The molecule has 0 aromatic heterocycles. The van der Waals surface area contributed by atoms with E-state index in [1.807, 2.05) is 140 Å². The van der Waals surface area contributed by atoms with Crippen molar-refractivity contribution in [1.29, 1.82) is 0 Å². The van der Waals surface area contributed by atoms with Gasteiger partial charge in [-0.05, 0) is 68.0 Å². The summed E-state index contributed by atoms with van der Waals surface area (Å²) < 4.78 is 0. The number of likely N-dealkylation sites (tertiary alicyclic amines) is 2. The molecule has 0 radical (unpaired) electrons. The zero-order chi connectivity index (χ0) is 35.1. The summed E-state index contributed by atoms with van der Waals surface area (Å²) in [5, 5.41) is 44.6. The van der Waals surface area contributed by atoms with E-state index in [4.69, 9.17) is 0 Å². The van der Waals surface area contributed by atoms with Gasteiger partial charge >= 0.3 is 39.0 Å². The maximum absolute atomic E-state index is 15.2. The van der Waals surface area contributed by atoms with Gasteiger partial charge in [0.2, 0.25) is 0 Å². The minimum Gasteiger partial charge on any atom is -0.872 e. The average Bonchev–Trinajstić information content (AvgIpc) is 3.85. The zero-order valence-corrected chi connectivity index (χ0v) is 36.7. The van der Waals surface area contributed by atoms with Crippen molar-refractivity contribution in [3.05, 3.63) is 179 Å². The Hall–Kier alpha value is -3.01. The molecule has 52 heavy (non-hydrogen) atoms. The molecular formula is C45H48N2O3Zn2. The SMILES string of the molecule is Cc1cc(CN2CCC[C@H]2C([O-])(c2ccccc2)c2ccccc2)c([O-])c(CN2CCC[C@H]2C([O-])(c2ccccc2)c2ccccc2)c1.[CH2-]C.[Zn+2].[Zn+2]. The summed E-state index contributed by atoms with van der Waals surface area (Å²) in [7, 11) is 0. The Labute approximate surface area is 336 Å². The summed E-state index contributed by atoms with van der Waals surface area (Å²) in [5.41, 5.74) is 2.51. The normalized spacial score (nSPS) is 17.8. The fourth-order valence-electron chi connectivity index (χ4n) is 8.40. The summed E-state index contributed by atoms with van der Waals surface area (Å²) in [6.45, 7) is 9.40. The molecule has 260 valence electrons. The predicted octanol–water partition coefficient (Wildman–Crippen LogP) is 6.44. The molecule has 0 bridgehead atoms. The number of hydrogen-bond donors (Lipinski definition) is 0. The van der Waals surface area contributed by atoms with Crippen LogP contribution >= 0.6 is 0 Å². The number of rotatable bonds is 10. The van der Waals surface area contributed by atoms with Crippen molar-refractivity contribution in [2.45, 2.75) is 75.9 Å². The van der Waals surface area contributed by atoms with E-state index >= 15 is 10.2 Å². The maximum atomic E-state index is 15.2. The second-order valence-corrected chi connectivity index (χ2v) is 13.6. The molecule has 2 atom stereocenters. The molecule has 7 heteroatoms. The van der Waals surface area contributed by atoms with Crippen molar-refractivity contribution in [3.8, 4) is 5.75 Å². The molecule has 0 unspecified atom stereocenters. The van der Waals surface area contributed by atoms with E-state index in [-0.39, 0.29) is 56.8 Å². The zero-order valence-electron chi connectivity index (χ0n) is 30.8. The van der Waals surface area contributed by atoms with E-state index in [1.165, 1.54) is 0 Å². The Morgan fingerprint density at radius 2 is 0.846 bits per heavy atom. The fraction of sp³-hybridized carbons (Fsp3) is 0.311. The molecule has 2 heterocycles. The van der Waals surface area contributed by atoms with Gasteiger partial charge in [-0.15, -0.1) is 0 Å². The fourth-order valence-corrected chi connectivity index (χ4v) is 8.40. The van der Waals surface area contributed by atoms with Crippen LogP contribution in [0.25, 0.3) is 0 Å². The Kier molecular flexibility index (Phi) is 15.1. The molecule has 5 nitrogen and oxygen atoms in total. The van der Waals surface area contributed by atoms with Gasteiger partial charge in [-0.25, -0.2) is 0 Å². The van der Waals surface area contributed by atoms with Crippen molar-refractivity contribution < 1.29 is 54.3 Å². The van der Waals surface area contributed by atoms with E-state index in [0.29, 0.717) is 13.1 Å². The van der Waals surface area contributed by atoms with Crippen molar-refractivity contribution in [1.82, 2.24) is 9.80 Å². The Balaban J connectivity index is 0.00000149. The average molecular weight is 796 g/mol. The molecule has 0 saturated carbocycles. The van der Waals surface area contributed by atoms with Gasteiger partial charge in [0, 0.05) is 25.2 Å². The second-order valence-electron chi connectivity index (χ2n) is 13.6. The van der Waals surface area contributed by atoms with Gasteiger partial charge in [0.05, 0.1) is 0 Å². The van der Waals surface area contributed by atoms with Crippen molar-refractivity contribution in [2.75, 3.05) is 13.1 Å². The van der Waals surface area contributed by atoms with E-state index < -0.39 is 11.2 Å². The minimum absolute atomic E-state index is 0. The van der Waals surface area contributed by atoms with Gasteiger partial charge in [-0.3, -0.25) is 9.80 Å². The van der Waals surface area contributed by atoms with Gasteiger partial charge in [0.15, 0.2) is 0 Å². The second kappa shape index (κ2) is 18.8. The number of aryl methyl sites for hydroxylation is 1. The molecule has 2 saturated heterocycles. The van der Waals surface area contributed by atoms with Gasteiger partial charge in [-0.2, -0.15) is 6.92 Å². The molecule has 5 aromatic carbocycles. The third kappa shape index (κ3) is 8.37. The van der Waals surface area contributed by atoms with E-state index in [9.17, 15) is 5.11 Å². The maximum Gasteiger partial charge on any atom is 2.00 e. The summed E-state index contributed by atoms with van der Waals surface area (Å²) in [6, 6.07) is 42.2.